The van der Waals surface area contributed by atoms with E-state index < -0.39 is 49.5 Å². The average Bonchev–Trinajstić information content (AvgIpc) is 3.40. The lowest BCUT2D eigenvalue weighted by atomic mass is 9.99. The van der Waals surface area contributed by atoms with Gasteiger partial charge in [0.25, 0.3) is 0 Å². The number of carbonyl (C=O) groups is 2. The van der Waals surface area contributed by atoms with Crippen LogP contribution in [0.1, 0.15) is 277 Å². The van der Waals surface area contributed by atoms with E-state index in [1.165, 1.54) is 180 Å². The van der Waals surface area contributed by atoms with Crippen molar-refractivity contribution in [3.8, 4) is 0 Å². The second-order valence-corrected chi connectivity index (χ2v) is 21.4. The van der Waals surface area contributed by atoms with Crippen LogP contribution in [0.2, 0.25) is 0 Å². The van der Waals surface area contributed by atoms with E-state index in [2.05, 4.69) is 55.6 Å². The van der Waals surface area contributed by atoms with Crippen molar-refractivity contribution in [2.24, 2.45) is 0 Å². The topological polar surface area (TPSA) is 175 Å². The van der Waals surface area contributed by atoms with E-state index in [-0.39, 0.29) is 18.5 Å². The minimum Gasteiger partial charge on any atom is -0.465 e. The molecule has 11 heteroatoms. The zero-order chi connectivity index (χ0) is 53.8. The van der Waals surface area contributed by atoms with E-state index in [4.69, 9.17) is 14.2 Å². The minimum absolute atomic E-state index is 0.0598. The molecular formula is C63H115NO10. The normalized spacial score (nSPS) is 19.1. The van der Waals surface area contributed by atoms with Gasteiger partial charge in [0.1, 0.15) is 24.4 Å². The molecule has 0 bridgehead atoms. The maximum absolute atomic E-state index is 13.1. The molecule has 0 aromatic carbocycles. The molecule has 1 aliphatic heterocycles. The first-order chi connectivity index (χ1) is 36.2. The third kappa shape index (κ3) is 41.7. The van der Waals surface area contributed by atoms with Gasteiger partial charge in [0, 0.05) is 12.8 Å². The first-order valence-electron chi connectivity index (χ1n) is 30.9. The van der Waals surface area contributed by atoms with Crippen molar-refractivity contribution in [2.45, 2.75) is 320 Å². The van der Waals surface area contributed by atoms with E-state index in [1.54, 1.807) is 6.08 Å². The standard InChI is InChI=1S/C63H115NO10/c1-3-5-7-9-11-13-15-16-26-30-33-37-41-45-49-56(66)55(54-73-63-62(71)61(70)60(69)57(53-65)74-63)64-58(67)50-46-42-38-34-31-27-24-22-20-18-17-19-21-23-25-28-32-36-40-44-48-52-72-59(68)51-47-43-39-35-29-14-12-10-8-6-4-2/h10,12,28,32,40,44-45,49,55-57,60-63,65-66,69-71H,3-9,11,13-27,29-31,33-39,41-43,46-48,50-54H2,1-2H3,(H,64,67)/b12-10-,32-28-,44-40-,49-45+. The van der Waals surface area contributed by atoms with Crippen LogP contribution in [0.4, 0.5) is 0 Å². The van der Waals surface area contributed by atoms with E-state index in [1.807, 2.05) is 6.08 Å². The quantitative estimate of drug-likeness (QED) is 0.0195. The molecule has 11 nitrogen and oxygen atoms in total. The molecule has 1 rings (SSSR count). The number of hydrogen-bond donors (Lipinski definition) is 6. The highest BCUT2D eigenvalue weighted by Gasteiger charge is 2.44. The summed E-state index contributed by atoms with van der Waals surface area (Å²) in [6.07, 6.45) is 56.4. The lowest BCUT2D eigenvalue weighted by Crippen LogP contribution is -2.60. The number of unbranched alkanes of at least 4 members (excludes halogenated alkanes) is 33. The number of allylic oxidation sites excluding steroid dienone is 6. The van der Waals surface area contributed by atoms with Gasteiger partial charge in [-0.3, -0.25) is 9.59 Å². The third-order valence-electron chi connectivity index (χ3n) is 14.4. The molecule has 7 atom stereocenters. The molecule has 0 radical (unpaired) electrons. The fraction of sp³-hybridized carbons (Fsp3) is 0.841. The Morgan fingerprint density at radius 2 is 0.919 bits per heavy atom. The van der Waals surface area contributed by atoms with Crippen LogP contribution in [0.15, 0.2) is 48.6 Å². The van der Waals surface area contributed by atoms with Gasteiger partial charge in [-0.25, -0.2) is 0 Å². The number of amides is 1. The third-order valence-corrected chi connectivity index (χ3v) is 14.4. The van der Waals surface area contributed by atoms with Gasteiger partial charge in [-0.2, -0.15) is 0 Å². The Bertz CT molecular complexity index is 1370. The van der Waals surface area contributed by atoms with Gasteiger partial charge in [0.05, 0.1) is 32.0 Å². The Hall–Kier alpha value is -2.38. The number of aliphatic hydroxyl groups excluding tert-OH is 5. The van der Waals surface area contributed by atoms with Crippen LogP contribution in [0.3, 0.4) is 0 Å². The maximum atomic E-state index is 13.1. The van der Waals surface area contributed by atoms with E-state index in [0.717, 1.165) is 70.6 Å². The highest BCUT2D eigenvalue weighted by molar-refractivity contribution is 5.76. The van der Waals surface area contributed by atoms with Gasteiger partial charge >= 0.3 is 5.97 Å². The summed E-state index contributed by atoms with van der Waals surface area (Å²) in [6, 6.07) is -0.815. The van der Waals surface area contributed by atoms with E-state index in [9.17, 15) is 35.1 Å². The van der Waals surface area contributed by atoms with Crippen LogP contribution in [-0.4, -0.2) is 100 Å². The van der Waals surface area contributed by atoms with Gasteiger partial charge in [0.2, 0.25) is 5.91 Å². The number of aliphatic hydroxyl groups is 5. The summed E-state index contributed by atoms with van der Waals surface area (Å²) in [5, 5.41) is 54.5. The highest BCUT2D eigenvalue weighted by Crippen LogP contribution is 2.23. The summed E-state index contributed by atoms with van der Waals surface area (Å²) in [5.74, 6) is -0.246. The van der Waals surface area contributed by atoms with Gasteiger partial charge in [-0.15, -0.1) is 0 Å². The smallest absolute Gasteiger partial charge is 0.305 e. The van der Waals surface area contributed by atoms with E-state index in [0.29, 0.717) is 19.4 Å². The molecule has 0 aromatic rings. The molecule has 74 heavy (non-hydrogen) atoms. The van der Waals surface area contributed by atoms with Crippen molar-refractivity contribution >= 4 is 11.9 Å². The molecule has 1 heterocycles. The summed E-state index contributed by atoms with van der Waals surface area (Å²) in [6.45, 7) is 4.20. The lowest BCUT2D eigenvalue weighted by Gasteiger charge is -2.40. The summed E-state index contributed by atoms with van der Waals surface area (Å²) < 4.78 is 16.6. The summed E-state index contributed by atoms with van der Waals surface area (Å²) in [7, 11) is 0. The number of ether oxygens (including phenoxy) is 3. The summed E-state index contributed by atoms with van der Waals surface area (Å²) >= 11 is 0. The molecule has 7 unspecified atom stereocenters. The van der Waals surface area contributed by atoms with Crippen molar-refractivity contribution in [1.29, 1.82) is 0 Å². The second kappa shape index (κ2) is 52.7. The molecule has 0 saturated carbocycles. The first kappa shape index (κ1) is 69.6. The zero-order valence-electron chi connectivity index (χ0n) is 47.6. The molecule has 432 valence electrons. The number of carbonyl (C=O) groups excluding carboxylic acids is 2. The van der Waals surface area contributed by atoms with Crippen LogP contribution >= 0.6 is 0 Å². The number of nitrogens with one attached hydrogen (secondary N) is 1. The SMILES string of the molecule is CCCC/C=C\CCCCCCCC(=O)OCC/C=C\C/C=C\CCCCCCCCCCCCCCCCC(=O)NC(COC1OC(CO)C(O)C(O)C1O)C(O)/C=C/CCCCCCCCCCCCCC. The van der Waals surface area contributed by atoms with Gasteiger partial charge in [-0.1, -0.05) is 242 Å². The average molecular weight is 1050 g/mol. The highest BCUT2D eigenvalue weighted by atomic mass is 16.7. The monoisotopic (exact) mass is 1050 g/mol. The zero-order valence-corrected chi connectivity index (χ0v) is 47.6. The molecule has 1 amide bonds. The fourth-order valence-electron chi connectivity index (χ4n) is 9.49. The Kier molecular flexibility index (Phi) is 49.6. The maximum Gasteiger partial charge on any atom is 0.305 e. The summed E-state index contributed by atoms with van der Waals surface area (Å²) in [5.41, 5.74) is 0. The Morgan fingerprint density at radius 1 is 0.500 bits per heavy atom. The van der Waals surface area contributed by atoms with E-state index >= 15 is 0 Å². The largest absolute Gasteiger partial charge is 0.465 e. The molecule has 0 spiro atoms. The Morgan fingerprint density at radius 3 is 1.42 bits per heavy atom. The van der Waals surface area contributed by atoms with Crippen LogP contribution in [0.5, 0.6) is 0 Å². The summed E-state index contributed by atoms with van der Waals surface area (Å²) in [4.78, 5) is 25.0. The van der Waals surface area contributed by atoms with Crippen molar-refractivity contribution in [1.82, 2.24) is 5.32 Å². The minimum atomic E-state index is -1.57. The molecule has 6 N–H and O–H groups in total. The van der Waals surface area contributed by atoms with Crippen molar-refractivity contribution < 1.29 is 49.3 Å². The molecule has 1 aliphatic rings. The van der Waals surface area contributed by atoms with Crippen LogP contribution < -0.4 is 5.32 Å². The second-order valence-electron chi connectivity index (χ2n) is 21.4. The number of rotatable bonds is 53. The van der Waals surface area contributed by atoms with Crippen molar-refractivity contribution in [2.75, 3.05) is 19.8 Å². The Balaban J connectivity index is 2.11. The Labute approximate surface area is 453 Å². The van der Waals surface area contributed by atoms with Crippen molar-refractivity contribution in [3.63, 3.8) is 0 Å². The molecule has 0 aromatic heterocycles. The fourth-order valence-corrected chi connectivity index (χ4v) is 9.49. The molecule has 1 saturated heterocycles. The predicted octanol–water partition coefficient (Wildman–Crippen LogP) is 14.5. The van der Waals surface area contributed by atoms with Gasteiger partial charge in [-0.05, 0) is 70.6 Å². The molecule has 1 fully saturated rings. The van der Waals surface area contributed by atoms with Gasteiger partial charge < -0.3 is 45.1 Å². The van der Waals surface area contributed by atoms with Crippen molar-refractivity contribution in [3.05, 3.63) is 48.6 Å². The predicted molar refractivity (Wildman–Crippen MR) is 306 cm³/mol. The number of hydrogen-bond acceptors (Lipinski definition) is 10. The molecular weight excluding hydrogens is 931 g/mol. The lowest BCUT2D eigenvalue weighted by molar-refractivity contribution is -0.302. The van der Waals surface area contributed by atoms with Crippen LogP contribution in [0, 0.1) is 0 Å². The molecule has 0 aliphatic carbocycles. The number of esters is 1. The van der Waals surface area contributed by atoms with Crippen LogP contribution in [0.25, 0.3) is 0 Å². The van der Waals surface area contributed by atoms with Gasteiger partial charge in [0.15, 0.2) is 6.29 Å². The van der Waals surface area contributed by atoms with Crippen LogP contribution in [-0.2, 0) is 23.8 Å². The first-order valence-corrected chi connectivity index (χ1v) is 30.9.